The SMILES string of the molecule is CCc1ccc(S(=O)(=O)Nc2cccc(I)c2)cc1CN. The van der Waals surface area contributed by atoms with Gasteiger partial charge in [0.15, 0.2) is 0 Å². The summed E-state index contributed by atoms with van der Waals surface area (Å²) >= 11 is 2.14. The van der Waals surface area contributed by atoms with Crippen LogP contribution in [0.3, 0.4) is 0 Å². The van der Waals surface area contributed by atoms with Crippen LogP contribution in [0.25, 0.3) is 0 Å². The molecule has 4 nitrogen and oxygen atoms in total. The summed E-state index contributed by atoms with van der Waals surface area (Å²) in [5, 5.41) is 0. The van der Waals surface area contributed by atoms with Crippen LogP contribution < -0.4 is 10.5 Å². The van der Waals surface area contributed by atoms with Gasteiger partial charge in [0.05, 0.1) is 4.90 Å². The van der Waals surface area contributed by atoms with Crippen LogP contribution in [-0.2, 0) is 23.0 Å². The smallest absolute Gasteiger partial charge is 0.261 e. The number of hydrogen-bond donors (Lipinski definition) is 2. The van der Waals surface area contributed by atoms with Gasteiger partial charge in [0, 0.05) is 15.8 Å². The van der Waals surface area contributed by atoms with E-state index in [2.05, 4.69) is 27.3 Å². The molecular formula is C15H17IN2O2S. The average Bonchev–Trinajstić information content (AvgIpc) is 2.46. The summed E-state index contributed by atoms with van der Waals surface area (Å²) in [5.74, 6) is 0. The van der Waals surface area contributed by atoms with Gasteiger partial charge in [0.2, 0.25) is 0 Å². The summed E-state index contributed by atoms with van der Waals surface area (Å²) in [6, 6.07) is 12.3. The van der Waals surface area contributed by atoms with Gasteiger partial charge < -0.3 is 5.73 Å². The Morgan fingerprint density at radius 3 is 2.52 bits per heavy atom. The molecule has 0 aromatic heterocycles. The molecule has 2 rings (SSSR count). The van der Waals surface area contributed by atoms with Gasteiger partial charge in [-0.2, -0.15) is 0 Å². The summed E-state index contributed by atoms with van der Waals surface area (Å²) in [6.07, 6.45) is 0.831. The Hall–Kier alpha value is -1.12. The highest BCUT2D eigenvalue weighted by atomic mass is 127. The third-order valence-electron chi connectivity index (χ3n) is 3.17. The Bertz CT molecular complexity index is 745. The Morgan fingerprint density at radius 2 is 1.90 bits per heavy atom. The lowest BCUT2D eigenvalue weighted by Crippen LogP contribution is -2.14. The molecule has 3 N–H and O–H groups in total. The van der Waals surface area contributed by atoms with Crippen molar-refractivity contribution >= 4 is 38.3 Å². The molecule has 2 aromatic carbocycles. The molecule has 0 atom stereocenters. The van der Waals surface area contributed by atoms with Gasteiger partial charge in [0.25, 0.3) is 10.0 Å². The number of benzene rings is 2. The molecule has 0 saturated carbocycles. The van der Waals surface area contributed by atoms with Crippen LogP contribution in [-0.4, -0.2) is 8.42 Å². The van der Waals surface area contributed by atoms with Crippen LogP contribution in [0.5, 0.6) is 0 Å². The van der Waals surface area contributed by atoms with Crippen molar-refractivity contribution in [3.05, 3.63) is 57.2 Å². The molecule has 21 heavy (non-hydrogen) atoms. The minimum absolute atomic E-state index is 0.235. The molecule has 0 aliphatic carbocycles. The van der Waals surface area contributed by atoms with Crippen molar-refractivity contribution in [1.82, 2.24) is 0 Å². The molecule has 0 aliphatic heterocycles. The second-order valence-corrected chi connectivity index (χ2v) is 7.53. The fraction of sp³-hybridized carbons (Fsp3) is 0.200. The van der Waals surface area contributed by atoms with E-state index >= 15 is 0 Å². The van der Waals surface area contributed by atoms with Crippen LogP contribution in [0.2, 0.25) is 0 Å². The molecular weight excluding hydrogens is 399 g/mol. The normalized spacial score (nSPS) is 11.4. The highest BCUT2D eigenvalue weighted by Crippen LogP contribution is 2.20. The fourth-order valence-electron chi connectivity index (χ4n) is 2.07. The van der Waals surface area contributed by atoms with Crippen molar-refractivity contribution in [3.8, 4) is 0 Å². The first-order valence-electron chi connectivity index (χ1n) is 6.56. The first-order valence-corrected chi connectivity index (χ1v) is 9.12. The zero-order valence-corrected chi connectivity index (χ0v) is 14.6. The van der Waals surface area contributed by atoms with Crippen LogP contribution in [0.1, 0.15) is 18.1 Å². The van der Waals surface area contributed by atoms with Crippen molar-refractivity contribution in [3.63, 3.8) is 0 Å². The summed E-state index contributed by atoms with van der Waals surface area (Å²) in [5.41, 5.74) is 8.18. The summed E-state index contributed by atoms with van der Waals surface area (Å²) in [6.45, 7) is 2.35. The van der Waals surface area contributed by atoms with Crippen LogP contribution in [0.15, 0.2) is 47.4 Å². The van der Waals surface area contributed by atoms with E-state index in [1.54, 1.807) is 24.3 Å². The predicted octanol–water partition coefficient (Wildman–Crippen LogP) is 3.11. The predicted molar refractivity (Wildman–Crippen MR) is 93.7 cm³/mol. The summed E-state index contributed by atoms with van der Waals surface area (Å²) in [7, 11) is -3.60. The Kier molecular flexibility index (Phi) is 5.23. The second-order valence-electron chi connectivity index (χ2n) is 4.60. The highest BCUT2D eigenvalue weighted by molar-refractivity contribution is 14.1. The molecule has 0 amide bonds. The molecule has 112 valence electrons. The Balaban J connectivity index is 2.35. The standard InChI is InChI=1S/C15H17IN2O2S/c1-2-11-6-7-15(8-12(11)10-17)21(19,20)18-14-5-3-4-13(16)9-14/h3-9,18H,2,10,17H2,1H3. The zero-order valence-electron chi connectivity index (χ0n) is 11.6. The summed E-state index contributed by atoms with van der Waals surface area (Å²) < 4.78 is 28.4. The lowest BCUT2D eigenvalue weighted by atomic mass is 10.1. The van der Waals surface area contributed by atoms with Crippen LogP contribution >= 0.6 is 22.6 Å². The maximum atomic E-state index is 12.4. The van der Waals surface area contributed by atoms with Gasteiger partial charge in [0.1, 0.15) is 0 Å². The van der Waals surface area contributed by atoms with Crippen molar-refractivity contribution in [2.24, 2.45) is 5.73 Å². The lowest BCUT2D eigenvalue weighted by Gasteiger charge is -2.11. The molecule has 0 heterocycles. The summed E-state index contributed by atoms with van der Waals surface area (Å²) in [4.78, 5) is 0.235. The van der Waals surface area contributed by atoms with Crippen LogP contribution in [0.4, 0.5) is 5.69 Å². The number of nitrogens with one attached hydrogen (secondary N) is 1. The molecule has 0 spiro atoms. The quantitative estimate of drug-likeness (QED) is 0.736. The number of sulfonamides is 1. The number of nitrogens with two attached hydrogens (primary N) is 1. The third kappa shape index (κ3) is 3.96. The van der Waals surface area contributed by atoms with Gasteiger partial charge in [-0.3, -0.25) is 4.72 Å². The molecule has 2 aromatic rings. The molecule has 0 bridgehead atoms. The molecule has 0 fully saturated rings. The van der Waals surface area contributed by atoms with Gasteiger partial charge >= 0.3 is 0 Å². The van der Waals surface area contributed by atoms with E-state index in [0.29, 0.717) is 12.2 Å². The maximum Gasteiger partial charge on any atom is 0.261 e. The van der Waals surface area contributed by atoms with Crippen molar-refractivity contribution in [1.29, 1.82) is 0 Å². The second kappa shape index (κ2) is 6.76. The van der Waals surface area contributed by atoms with E-state index in [1.807, 2.05) is 25.1 Å². The molecule has 0 radical (unpaired) electrons. The van der Waals surface area contributed by atoms with Gasteiger partial charge in [-0.1, -0.05) is 19.1 Å². The Labute approximate surface area is 138 Å². The topological polar surface area (TPSA) is 72.2 Å². The van der Waals surface area contributed by atoms with Crippen molar-refractivity contribution < 1.29 is 8.42 Å². The molecule has 0 unspecified atom stereocenters. The number of halogens is 1. The lowest BCUT2D eigenvalue weighted by molar-refractivity contribution is 0.601. The number of hydrogen-bond acceptors (Lipinski definition) is 3. The third-order valence-corrected chi connectivity index (χ3v) is 5.22. The first kappa shape index (κ1) is 16.3. The van der Waals surface area contributed by atoms with Gasteiger partial charge in [-0.05, 0) is 70.5 Å². The minimum Gasteiger partial charge on any atom is -0.326 e. The largest absolute Gasteiger partial charge is 0.326 e. The van der Waals surface area contributed by atoms with Gasteiger partial charge in [-0.25, -0.2) is 8.42 Å². The van der Waals surface area contributed by atoms with E-state index in [1.165, 1.54) is 0 Å². The molecule has 6 heteroatoms. The molecule has 0 aliphatic rings. The minimum atomic E-state index is -3.60. The number of aryl methyl sites for hydroxylation is 1. The van der Waals surface area contributed by atoms with Crippen molar-refractivity contribution in [2.45, 2.75) is 24.8 Å². The Morgan fingerprint density at radius 1 is 1.14 bits per heavy atom. The van der Waals surface area contributed by atoms with Crippen molar-refractivity contribution in [2.75, 3.05) is 4.72 Å². The monoisotopic (exact) mass is 416 g/mol. The zero-order chi connectivity index (χ0) is 15.5. The maximum absolute atomic E-state index is 12.4. The highest BCUT2D eigenvalue weighted by Gasteiger charge is 2.15. The van der Waals surface area contributed by atoms with Gasteiger partial charge in [-0.15, -0.1) is 0 Å². The van der Waals surface area contributed by atoms with E-state index < -0.39 is 10.0 Å². The van der Waals surface area contributed by atoms with E-state index in [-0.39, 0.29) is 4.90 Å². The van der Waals surface area contributed by atoms with E-state index in [9.17, 15) is 8.42 Å². The van der Waals surface area contributed by atoms with Crippen LogP contribution in [0, 0.1) is 3.57 Å². The average molecular weight is 416 g/mol. The molecule has 0 saturated heterocycles. The van der Waals surface area contributed by atoms with E-state index in [4.69, 9.17) is 5.73 Å². The number of rotatable bonds is 5. The number of anilines is 1. The van der Waals surface area contributed by atoms with E-state index in [0.717, 1.165) is 21.1 Å². The fourth-order valence-corrected chi connectivity index (χ4v) is 3.71. The first-order chi connectivity index (χ1) is 9.96.